The molecule has 0 spiro atoms. The molecule has 0 amide bonds. The molecule has 156 valence electrons. The molecule has 4 atom stereocenters. The summed E-state index contributed by atoms with van der Waals surface area (Å²) in [5.74, 6) is -2.62. The maximum atomic E-state index is 13.1. The highest BCUT2D eigenvalue weighted by Crippen LogP contribution is 2.49. The van der Waals surface area contributed by atoms with Crippen LogP contribution in [0.5, 0.6) is 0 Å². The van der Waals surface area contributed by atoms with Gasteiger partial charge in [-0.15, -0.1) is 0 Å². The number of rotatable bonds is 7. The second-order valence-corrected chi connectivity index (χ2v) is 8.11. The number of ether oxygens (including phenoxy) is 1. The second-order valence-electron chi connectivity index (χ2n) is 8.11. The molecule has 2 N–H and O–H groups in total. The third kappa shape index (κ3) is 3.77. The number of esters is 1. The van der Waals surface area contributed by atoms with Gasteiger partial charge in [0, 0.05) is 11.8 Å². The van der Waals surface area contributed by atoms with Gasteiger partial charge in [0.25, 0.3) is 0 Å². The summed E-state index contributed by atoms with van der Waals surface area (Å²) in [6.07, 6.45) is 0.0854. The van der Waals surface area contributed by atoms with E-state index in [1.807, 2.05) is 43.3 Å². The van der Waals surface area contributed by atoms with Crippen molar-refractivity contribution in [2.45, 2.75) is 44.3 Å². The van der Waals surface area contributed by atoms with Gasteiger partial charge in [0.15, 0.2) is 11.9 Å². The smallest absolute Gasteiger partial charge is 0.339 e. The molecular weight excluding hydrogens is 380 g/mol. The van der Waals surface area contributed by atoms with Gasteiger partial charge >= 0.3 is 5.97 Å². The largest absolute Gasteiger partial charge is 0.504 e. The van der Waals surface area contributed by atoms with Crippen molar-refractivity contribution in [2.24, 2.45) is 11.8 Å². The van der Waals surface area contributed by atoms with Gasteiger partial charge in [0.2, 0.25) is 5.78 Å². The third-order valence-electron chi connectivity index (χ3n) is 6.17. The molecule has 0 radical (unpaired) electrons. The van der Waals surface area contributed by atoms with E-state index in [2.05, 4.69) is 0 Å². The molecule has 5 nitrogen and oxygen atoms in total. The van der Waals surface area contributed by atoms with E-state index in [1.54, 1.807) is 24.3 Å². The van der Waals surface area contributed by atoms with E-state index in [-0.39, 0.29) is 17.4 Å². The Kier molecular flexibility index (Phi) is 5.73. The standard InChI is InChI=1S/C25H26O5/c1-2-18(21(26)17-11-7-4-8-12-17)24-23(28)22(27)20(25(29)30-24)19(16-13-14-16)15-9-5-3-6-10-15/h3-12,16,18-19,21,24,26-27H,2,13-14H2,1H3/t18-,19-,21+,24?/m1/s1. The number of Topliss-reactive ketones (excluding diaryl/α,β-unsaturated/α-hetero) is 1. The van der Waals surface area contributed by atoms with Gasteiger partial charge in [-0.2, -0.15) is 0 Å². The van der Waals surface area contributed by atoms with Crippen molar-refractivity contribution in [3.63, 3.8) is 0 Å². The lowest BCUT2D eigenvalue weighted by Crippen LogP contribution is -2.43. The highest BCUT2D eigenvalue weighted by molar-refractivity contribution is 6.09. The lowest BCUT2D eigenvalue weighted by Gasteiger charge is -2.33. The lowest BCUT2D eigenvalue weighted by molar-refractivity contribution is -0.161. The van der Waals surface area contributed by atoms with Crippen LogP contribution in [0.15, 0.2) is 72.0 Å². The molecule has 30 heavy (non-hydrogen) atoms. The fourth-order valence-corrected chi connectivity index (χ4v) is 4.42. The van der Waals surface area contributed by atoms with Gasteiger partial charge < -0.3 is 14.9 Å². The lowest BCUT2D eigenvalue weighted by atomic mass is 9.80. The molecule has 2 aliphatic rings. The summed E-state index contributed by atoms with van der Waals surface area (Å²) in [6, 6.07) is 18.4. The molecule has 2 aromatic carbocycles. The molecule has 4 rings (SSSR count). The zero-order valence-corrected chi connectivity index (χ0v) is 16.9. The van der Waals surface area contributed by atoms with Crippen LogP contribution in [0.3, 0.4) is 0 Å². The van der Waals surface area contributed by atoms with E-state index >= 15 is 0 Å². The van der Waals surface area contributed by atoms with Crippen LogP contribution < -0.4 is 0 Å². The first-order chi connectivity index (χ1) is 14.5. The molecule has 5 heteroatoms. The first-order valence-corrected chi connectivity index (χ1v) is 10.5. The number of hydrogen-bond acceptors (Lipinski definition) is 5. The van der Waals surface area contributed by atoms with E-state index in [1.165, 1.54) is 0 Å². The van der Waals surface area contributed by atoms with Crippen molar-refractivity contribution >= 4 is 11.8 Å². The number of carbonyl (C=O) groups excluding carboxylic acids is 2. The second kappa shape index (κ2) is 8.44. The number of carbonyl (C=O) groups is 2. The van der Waals surface area contributed by atoms with Crippen LogP contribution in [0.2, 0.25) is 0 Å². The molecule has 0 bridgehead atoms. The monoisotopic (exact) mass is 406 g/mol. The Morgan fingerprint density at radius 3 is 2.07 bits per heavy atom. The van der Waals surface area contributed by atoms with Gasteiger partial charge in [-0.3, -0.25) is 4.79 Å². The predicted molar refractivity (Wildman–Crippen MR) is 112 cm³/mol. The molecule has 1 unspecified atom stereocenters. The van der Waals surface area contributed by atoms with E-state index in [0.29, 0.717) is 12.0 Å². The van der Waals surface area contributed by atoms with Crippen LogP contribution in [-0.2, 0) is 14.3 Å². The SMILES string of the molecule is CC[C@@H](C1OC(=O)C([C@H](c2ccccc2)C2CC2)=C(O)C1=O)[C@@H](O)c1ccccc1. The van der Waals surface area contributed by atoms with Gasteiger partial charge in [-0.25, -0.2) is 4.79 Å². The minimum absolute atomic E-state index is 0.0500. The molecule has 0 saturated heterocycles. The summed E-state index contributed by atoms with van der Waals surface area (Å²) in [5, 5.41) is 21.7. The van der Waals surface area contributed by atoms with E-state index in [4.69, 9.17) is 4.74 Å². The van der Waals surface area contributed by atoms with Gasteiger partial charge in [0.05, 0.1) is 11.7 Å². The Hall–Kier alpha value is -2.92. The first-order valence-electron chi connectivity index (χ1n) is 10.5. The Bertz CT molecular complexity index is 946. The quantitative estimate of drug-likeness (QED) is 0.672. The summed E-state index contributed by atoms with van der Waals surface area (Å²) in [7, 11) is 0. The highest BCUT2D eigenvalue weighted by Gasteiger charge is 2.48. The highest BCUT2D eigenvalue weighted by atomic mass is 16.6. The summed E-state index contributed by atoms with van der Waals surface area (Å²) in [6.45, 7) is 1.82. The fraction of sp³-hybridized carbons (Fsp3) is 0.360. The minimum Gasteiger partial charge on any atom is -0.504 e. The molecule has 1 fully saturated rings. The Balaban J connectivity index is 1.67. The maximum Gasteiger partial charge on any atom is 0.339 e. The first kappa shape index (κ1) is 20.4. The summed E-state index contributed by atoms with van der Waals surface area (Å²) < 4.78 is 5.59. The van der Waals surface area contributed by atoms with E-state index in [9.17, 15) is 19.8 Å². The van der Waals surface area contributed by atoms with Crippen LogP contribution in [-0.4, -0.2) is 28.1 Å². The topological polar surface area (TPSA) is 83.8 Å². The fourth-order valence-electron chi connectivity index (χ4n) is 4.42. The number of cyclic esters (lactones) is 1. The molecule has 1 heterocycles. The maximum absolute atomic E-state index is 13.1. The Labute approximate surface area is 176 Å². The van der Waals surface area contributed by atoms with Crippen LogP contribution in [0, 0.1) is 11.8 Å². The van der Waals surface area contributed by atoms with E-state index in [0.717, 1.165) is 18.4 Å². The molecule has 0 aromatic heterocycles. The zero-order chi connectivity index (χ0) is 21.3. The van der Waals surface area contributed by atoms with Crippen molar-refractivity contribution in [3.05, 3.63) is 83.1 Å². The van der Waals surface area contributed by atoms with Crippen LogP contribution >= 0.6 is 0 Å². The average Bonchev–Trinajstić information content (AvgIpc) is 3.61. The summed E-state index contributed by atoms with van der Waals surface area (Å²) in [4.78, 5) is 26.1. The minimum atomic E-state index is -1.21. The van der Waals surface area contributed by atoms with Gasteiger partial charge in [0.1, 0.15) is 0 Å². The van der Waals surface area contributed by atoms with Crippen LogP contribution in [0.4, 0.5) is 0 Å². The zero-order valence-electron chi connectivity index (χ0n) is 16.9. The molecule has 1 aliphatic carbocycles. The number of benzene rings is 2. The number of hydrogen-bond donors (Lipinski definition) is 2. The number of ketones is 1. The summed E-state index contributed by atoms with van der Waals surface area (Å²) >= 11 is 0. The number of aliphatic hydroxyl groups is 2. The van der Waals surface area contributed by atoms with Crippen molar-refractivity contribution in [2.75, 3.05) is 0 Å². The number of aliphatic hydroxyl groups excluding tert-OH is 2. The Morgan fingerprint density at radius 1 is 0.967 bits per heavy atom. The third-order valence-corrected chi connectivity index (χ3v) is 6.17. The predicted octanol–water partition coefficient (Wildman–Crippen LogP) is 4.25. The molecular formula is C25H26O5. The van der Waals surface area contributed by atoms with Gasteiger partial charge in [-0.1, -0.05) is 67.6 Å². The van der Waals surface area contributed by atoms with Crippen LogP contribution in [0.25, 0.3) is 0 Å². The van der Waals surface area contributed by atoms with Crippen molar-refractivity contribution < 1.29 is 24.5 Å². The molecule has 1 aliphatic heterocycles. The van der Waals surface area contributed by atoms with E-state index < -0.39 is 35.6 Å². The molecule has 1 saturated carbocycles. The van der Waals surface area contributed by atoms with Crippen molar-refractivity contribution in [3.8, 4) is 0 Å². The van der Waals surface area contributed by atoms with Crippen LogP contribution in [0.1, 0.15) is 49.3 Å². The average molecular weight is 406 g/mol. The summed E-state index contributed by atoms with van der Waals surface area (Å²) in [5.41, 5.74) is 1.58. The normalized spacial score (nSPS) is 22.4. The Morgan fingerprint density at radius 2 is 1.53 bits per heavy atom. The molecule has 2 aromatic rings. The van der Waals surface area contributed by atoms with Crippen molar-refractivity contribution in [1.29, 1.82) is 0 Å². The van der Waals surface area contributed by atoms with Crippen molar-refractivity contribution in [1.82, 2.24) is 0 Å². The van der Waals surface area contributed by atoms with Gasteiger partial charge in [-0.05, 0) is 36.3 Å².